The largest absolute Gasteiger partial charge is 0.466 e. The second kappa shape index (κ2) is 8.95. The Bertz CT molecular complexity index is 944. The zero-order valence-corrected chi connectivity index (χ0v) is 20.8. The first-order chi connectivity index (χ1) is 15.7. The Balaban J connectivity index is 1.80. The summed E-state index contributed by atoms with van der Waals surface area (Å²) in [5, 5.41) is 13.2. The number of carbonyl (C=O) groups is 3. The molecule has 2 N–H and O–H groups in total. The third-order valence-corrected chi connectivity index (χ3v) is 9.87. The van der Waals surface area contributed by atoms with Crippen LogP contribution in [-0.4, -0.2) is 63.1 Å². The lowest BCUT2D eigenvalue weighted by atomic mass is 9.66. The quantitative estimate of drug-likeness (QED) is 0.590. The molecule has 3 saturated heterocycles. The molecule has 7 nitrogen and oxygen atoms in total. The summed E-state index contributed by atoms with van der Waals surface area (Å²) in [6.45, 7) is 9.65. The number of esters is 1. The highest BCUT2D eigenvalue weighted by atomic mass is 32.2. The normalized spacial score (nSPS) is 33.2. The van der Waals surface area contributed by atoms with E-state index in [2.05, 4.69) is 12.2 Å². The van der Waals surface area contributed by atoms with Crippen LogP contribution in [0.4, 0.5) is 5.69 Å². The van der Waals surface area contributed by atoms with Gasteiger partial charge in [-0.05, 0) is 50.7 Å². The minimum absolute atomic E-state index is 0.0418. The van der Waals surface area contributed by atoms with Gasteiger partial charge < -0.3 is 20.1 Å². The first-order valence-corrected chi connectivity index (χ1v) is 12.7. The summed E-state index contributed by atoms with van der Waals surface area (Å²) >= 11 is 1.62. The van der Waals surface area contributed by atoms with E-state index >= 15 is 0 Å². The minimum atomic E-state index is -0.768. The summed E-state index contributed by atoms with van der Waals surface area (Å²) in [6.07, 6.45) is 1.28. The van der Waals surface area contributed by atoms with Gasteiger partial charge in [0, 0.05) is 10.9 Å². The number of nitrogens with zero attached hydrogens (tertiary/aromatic N) is 1. The fraction of sp³-hybridized carbons (Fsp3) is 0.640. The average molecular weight is 475 g/mol. The maximum absolute atomic E-state index is 14.0. The lowest BCUT2D eigenvalue weighted by Crippen LogP contribution is -2.57. The van der Waals surface area contributed by atoms with Crippen LogP contribution in [0.1, 0.15) is 44.7 Å². The summed E-state index contributed by atoms with van der Waals surface area (Å²) in [6, 6.07) is 4.58. The second-order valence-corrected chi connectivity index (χ2v) is 11.1. The molecule has 0 aromatic heterocycles. The number of thioether (sulfide) groups is 1. The molecule has 7 atom stereocenters. The molecule has 3 heterocycles. The molecule has 4 rings (SSSR count). The lowest BCUT2D eigenvalue weighted by Gasteiger charge is -2.40. The number of rotatable bonds is 7. The summed E-state index contributed by atoms with van der Waals surface area (Å²) < 4.78 is 4.65. The van der Waals surface area contributed by atoms with Crippen LogP contribution in [0.2, 0.25) is 0 Å². The monoisotopic (exact) mass is 474 g/mol. The Morgan fingerprint density at radius 2 is 1.97 bits per heavy atom. The highest BCUT2D eigenvalue weighted by Gasteiger charge is 2.76. The van der Waals surface area contributed by atoms with E-state index in [-0.39, 0.29) is 42.2 Å². The van der Waals surface area contributed by atoms with Gasteiger partial charge in [0.05, 0.1) is 35.8 Å². The van der Waals surface area contributed by atoms with Crippen molar-refractivity contribution in [2.45, 2.75) is 69.5 Å². The Morgan fingerprint density at radius 3 is 2.55 bits per heavy atom. The van der Waals surface area contributed by atoms with E-state index in [1.54, 1.807) is 23.6 Å². The number of hydrogen-bond donors (Lipinski definition) is 2. The van der Waals surface area contributed by atoms with E-state index in [1.807, 2.05) is 39.0 Å². The molecule has 1 spiro atoms. The van der Waals surface area contributed by atoms with Crippen LogP contribution in [0.25, 0.3) is 0 Å². The molecule has 0 saturated carbocycles. The topological polar surface area (TPSA) is 95.9 Å². The van der Waals surface area contributed by atoms with Gasteiger partial charge in [0.2, 0.25) is 11.8 Å². The molecule has 2 amide bonds. The molecule has 0 radical (unpaired) electrons. The van der Waals surface area contributed by atoms with Gasteiger partial charge in [-0.3, -0.25) is 14.4 Å². The molecule has 3 aliphatic rings. The van der Waals surface area contributed by atoms with Crippen LogP contribution in [-0.2, 0) is 19.1 Å². The van der Waals surface area contributed by atoms with E-state index in [4.69, 9.17) is 4.74 Å². The number of aliphatic hydroxyl groups is 1. The number of benzene rings is 1. The van der Waals surface area contributed by atoms with Gasteiger partial charge in [-0.15, -0.1) is 11.8 Å². The number of aliphatic hydroxyl groups excluding tert-OH is 1. The van der Waals surface area contributed by atoms with Gasteiger partial charge in [0.15, 0.2) is 0 Å². The molecule has 33 heavy (non-hydrogen) atoms. The minimum Gasteiger partial charge on any atom is -0.466 e. The fourth-order valence-corrected chi connectivity index (χ4v) is 8.67. The Hall–Kier alpha value is -2.06. The third-order valence-electron chi connectivity index (χ3n) is 7.80. The Kier molecular flexibility index (Phi) is 6.53. The molecule has 8 heteroatoms. The van der Waals surface area contributed by atoms with Gasteiger partial charge in [-0.25, -0.2) is 0 Å². The number of aryl methyl sites for hydroxylation is 2. The zero-order valence-electron chi connectivity index (χ0n) is 20.0. The molecule has 1 aromatic rings. The second-order valence-electron chi connectivity index (χ2n) is 9.55. The number of anilines is 1. The van der Waals surface area contributed by atoms with Crippen molar-refractivity contribution in [2.24, 2.45) is 17.8 Å². The predicted octanol–water partition coefficient (Wildman–Crippen LogP) is 2.91. The summed E-state index contributed by atoms with van der Waals surface area (Å²) in [7, 11) is 0. The molecule has 3 unspecified atom stereocenters. The number of para-hydroxylation sites is 1. The van der Waals surface area contributed by atoms with Crippen molar-refractivity contribution in [3.8, 4) is 0 Å². The first kappa shape index (κ1) is 24.1. The SMILES string of the molecule is CCOC(=O)[C@@H]1[C@@H]2CC(C)C3(S2)C(C(=O)Nc2c(C)cccc2C)N([C@@H](CC)CO)C(=O)[C@H]13. The van der Waals surface area contributed by atoms with E-state index in [0.717, 1.165) is 23.2 Å². The number of amides is 2. The van der Waals surface area contributed by atoms with Crippen molar-refractivity contribution in [2.75, 3.05) is 18.5 Å². The molecule has 1 aromatic carbocycles. The van der Waals surface area contributed by atoms with E-state index in [1.165, 1.54) is 0 Å². The zero-order chi connectivity index (χ0) is 24.1. The van der Waals surface area contributed by atoms with Gasteiger partial charge >= 0.3 is 5.97 Å². The smallest absolute Gasteiger partial charge is 0.310 e. The van der Waals surface area contributed by atoms with Crippen molar-refractivity contribution < 1.29 is 24.2 Å². The first-order valence-electron chi connectivity index (χ1n) is 11.9. The molecular formula is C25H34N2O5S. The highest BCUT2D eigenvalue weighted by Crippen LogP contribution is 2.69. The van der Waals surface area contributed by atoms with Gasteiger partial charge in [-0.1, -0.05) is 32.0 Å². The average Bonchev–Trinajstić information content (AvgIpc) is 3.36. The van der Waals surface area contributed by atoms with Gasteiger partial charge in [0.1, 0.15) is 6.04 Å². The molecule has 3 fully saturated rings. The van der Waals surface area contributed by atoms with E-state index < -0.39 is 28.7 Å². The van der Waals surface area contributed by atoms with Crippen molar-refractivity contribution in [3.63, 3.8) is 0 Å². The van der Waals surface area contributed by atoms with Crippen molar-refractivity contribution in [1.29, 1.82) is 0 Å². The van der Waals surface area contributed by atoms with E-state index in [9.17, 15) is 19.5 Å². The molecular weight excluding hydrogens is 440 g/mol. The molecule has 180 valence electrons. The van der Waals surface area contributed by atoms with Gasteiger partial charge in [0.25, 0.3) is 0 Å². The number of ether oxygens (including phenoxy) is 1. The van der Waals surface area contributed by atoms with Crippen molar-refractivity contribution >= 4 is 35.2 Å². The molecule has 3 aliphatic heterocycles. The fourth-order valence-electron chi connectivity index (χ4n) is 6.28. The maximum atomic E-state index is 14.0. The number of nitrogens with one attached hydrogen (secondary N) is 1. The maximum Gasteiger partial charge on any atom is 0.310 e. The highest BCUT2D eigenvalue weighted by molar-refractivity contribution is 8.02. The number of likely N-dealkylation sites (tertiary alicyclic amines) is 1. The van der Waals surface area contributed by atoms with Crippen LogP contribution in [0.5, 0.6) is 0 Å². The molecule has 0 aliphatic carbocycles. The summed E-state index contributed by atoms with van der Waals surface area (Å²) in [5.74, 6) is -1.92. The number of carbonyl (C=O) groups excluding carboxylic acids is 3. The summed E-state index contributed by atoms with van der Waals surface area (Å²) in [5.41, 5.74) is 2.64. The molecule has 2 bridgehead atoms. The Labute approximate surface area is 199 Å². The Morgan fingerprint density at radius 1 is 1.30 bits per heavy atom. The van der Waals surface area contributed by atoms with Crippen LogP contribution in [0, 0.1) is 31.6 Å². The van der Waals surface area contributed by atoms with Gasteiger partial charge in [-0.2, -0.15) is 0 Å². The van der Waals surface area contributed by atoms with Crippen LogP contribution >= 0.6 is 11.8 Å². The summed E-state index contributed by atoms with van der Waals surface area (Å²) in [4.78, 5) is 42.4. The van der Waals surface area contributed by atoms with Crippen molar-refractivity contribution in [3.05, 3.63) is 29.3 Å². The lowest BCUT2D eigenvalue weighted by molar-refractivity contribution is -0.154. The van der Waals surface area contributed by atoms with E-state index in [0.29, 0.717) is 6.42 Å². The van der Waals surface area contributed by atoms with Crippen molar-refractivity contribution in [1.82, 2.24) is 4.90 Å². The van der Waals surface area contributed by atoms with Crippen LogP contribution in [0.15, 0.2) is 18.2 Å². The number of hydrogen-bond acceptors (Lipinski definition) is 6. The van der Waals surface area contributed by atoms with Crippen LogP contribution < -0.4 is 5.32 Å². The predicted molar refractivity (Wildman–Crippen MR) is 128 cm³/mol. The standard InChI is InChI=1S/C25H34N2O5S/c1-6-16(12-28)27-21(22(29)26-20-13(3)9-8-10-14(20)4)25-15(5)11-17(33-25)18(19(25)23(27)30)24(31)32-7-2/h8-10,15-19,21,28H,6-7,11-12H2,1-5H3,(H,26,29)/t15?,16-,17-,18+,19-,21?,25?/m0/s1. The number of fused-ring (bicyclic) bond motifs is 1. The third kappa shape index (κ3) is 3.48. The van der Waals surface area contributed by atoms with Crippen LogP contribution in [0.3, 0.4) is 0 Å².